The zero-order chi connectivity index (χ0) is 24.4. The lowest BCUT2D eigenvalue weighted by molar-refractivity contribution is -0.139. The zero-order valence-electron chi connectivity index (χ0n) is 19.1. The van der Waals surface area contributed by atoms with E-state index in [2.05, 4.69) is 15.0 Å². The molecule has 1 fully saturated rings. The predicted octanol–water partition coefficient (Wildman–Crippen LogP) is 3.58. The first-order chi connectivity index (χ1) is 17.0. The van der Waals surface area contributed by atoms with Gasteiger partial charge in [-0.25, -0.2) is 4.98 Å². The van der Waals surface area contributed by atoms with Crippen molar-refractivity contribution in [3.8, 4) is 16.3 Å². The Morgan fingerprint density at radius 3 is 2.54 bits per heavy atom. The highest BCUT2D eigenvalue weighted by molar-refractivity contribution is 7.19. The third kappa shape index (κ3) is 5.22. The van der Waals surface area contributed by atoms with Crippen LogP contribution in [0, 0.1) is 0 Å². The maximum atomic E-state index is 12.8. The summed E-state index contributed by atoms with van der Waals surface area (Å²) >= 11 is 7.63. The second-order valence-electron chi connectivity index (χ2n) is 8.34. The van der Waals surface area contributed by atoms with E-state index in [1.807, 2.05) is 53.4 Å². The van der Waals surface area contributed by atoms with E-state index in [0.717, 1.165) is 5.56 Å². The molecule has 1 saturated heterocycles. The van der Waals surface area contributed by atoms with Crippen molar-refractivity contribution in [3.05, 3.63) is 81.7 Å². The third-order valence-corrected chi connectivity index (χ3v) is 7.15. The molecule has 0 unspecified atom stereocenters. The van der Waals surface area contributed by atoms with Gasteiger partial charge in [-0.15, -0.1) is 0 Å². The van der Waals surface area contributed by atoms with Gasteiger partial charge in [0, 0.05) is 44.4 Å². The molecule has 0 saturated carbocycles. The molecule has 1 atom stereocenters. The predicted molar refractivity (Wildman–Crippen MR) is 136 cm³/mol. The number of hydrogen-bond acceptors (Lipinski definition) is 7. The molecule has 4 aromatic rings. The number of para-hydroxylation sites is 1. The van der Waals surface area contributed by atoms with Crippen molar-refractivity contribution >= 4 is 33.8 Å². The van der Waals surface area contributed by atoms with Crippen molar-refractivity contribution in [1.29, 1.82) is 0 Å². The van der Waals surface area contributed by atoms with E-state index < -0.39 is 6.10 Å². The van der Waals surface area contributed by atoms with E-state index in [4.69, 9.17) is 16.3 Å². The minimum atomic E-state index is -0.549. The second kappa shape index (κ2) is 10.2. The van der Waals surface area contributed by atoms with Gasteiger partial charge in [-0.2, -0.15) is 9.61 Å². The van der Waals surface area contributed by atoms with Crippen LogP contribution in [-0.4, -0.2) is 62.6 Å². The zero-order valence-corrected chi connectivity index (χ0v) is 20.7. The van der Waals surface area contributed by atoms with Crippen LogP contribution < -0.4 is 10.3 Å². The Labute approximate surface area is 211 Å². The molecule has 0 aliphatic carbocycles. The Bertz CT molecular complexity index is 1400. The first-order valence-electron chi connectivity index (χ1n) is 11.4. The first kappa shape index (κ1) is 23.5. The number of fused-ring (bicyclic) bond motifs is 1. The van der Waals surface area contributed by atoms with Crippen molar-refractivity contribution < 1.29 is 9.53 Å². The van der Waals surface area contributed by atoms with Crippen LogP contribution in [0.2, 0.25) is 5.02 Å². The number of nitrogens with zero attached hydrogens (tertiary/aromatic N) is 5. The van der Waals surface area contributed by atoms with Crippen LogP contribution in [-0.2, 0) is 11.3 Å². The van der Waals surface area contributed by atoms with Crippen LogP contribution in [0.3, 0.4) is 0 Å². The SMILES string of the molecule is C[C@H](Oc1ccccc1)C(=O)N1CCN(Cc2cc(=O)n3nc(-c4ccccc4Cl)sc3n2)CC1. The quantitative estimate of drug-likeness (QED) is 0.395. The molecule has 5 rings (SSSR count). The molecule has 35 heavy (non-hydrogen) atoms. The van der Waals surface area contributed by atoms with Crippen LogP contribution in [0.1, 0.15) is 12.6 Å². The van der Waals surface area contributed by atoms with Gasteiger partial charge >= 0.3 is 0 Å². The topological polar surface area (TPSA) is 80.0 Å². The minimum absolute atomic E-state index is 0.0249. The Balaban J connectivity index is 1.22. The number of carbonyl (C=O) groups excluding carboxylic acids is 1. The first-order valence-corrected chi connectivity index (χ1v) is 12.5. The second-order valence-corrected chi connectivity index (χ2v) is 9.70. The summed E-state index contributed by atoms with van der Waals surface area (Å²) in [7, 11) is 0. The molecule has 0 bridgehead atoms. The van der Waals surface area contributed by atoms with E-state index in [0.29, 0.717) is 59.2 Å². The van der Waals surface area contributed by atoms with Gasteiger partial charge in [0.2, 0.25) is 4.96 Å². The highest BCUT2D eigenvalue weighted by Gasteiger charge is 2.26. The van der Waals surface area contributed by atoms with Crippen LogP contribution in [0.15, 0.2) is 65.5 Å². The molecule has 1 aliphatic rings. The van der Waals surface area contributed by atoms with Crippen molar-refractivity contribution in [2.24, 2.45) is 0 Å². The fraction of sp³-hybridized carbons (Fsp3) is 0.280. The average Bonchev–Trinajstić information content (AvgIpc) is 3.29. The molecule has 3 heterocycles. The summed E-state index contributed by atoms with van der Waals surface area (Å²) < 4.78 is 7.10. The van der Waals surface area contributed by atoms with Crippen molar-refractivity contribution in [2.75, 3.05) is 26.2 Å². The van der Waals surface area contributed by atoms with E-state index in [1.54, 1.807) is 13.0 Å². The Morgan fingerprint density at radius 1 is 1.09 bits per heavy atom. The monoisotopic (exact) mass is 509 g/mol. The van der Waals surface area contributed by atoms with Crippen LogP contribution in [0.25, 0.3) is 15.5 Å². The summed E-state index contributed by atoms with van der Waals surface area (Å²) in [5, 5.41) is 5.64. The summed E-state index contributed by atoms with van der Waals surface area (Å²) in [4.78, 5) is 34.7. The lowest BCUT2D eigenvalue weighted by Gasteiger charge is -2.35. The molecular formula is C25H24ClN5O3S. The highest BCUT2D eigenvalue weighted by atomic mass is 35.5. The van der Waals surface area contributed by atoms with E-state index in [9.17, 15) is 9.59 Å². The number of halogens is 1. The molecule has 0 spiro atoms. The van der Waals surface area contributed by atoms with Crippen LogP contribution in [0.5, 0.6) is 5.75 Å². The van der Waals surface area contributed by atoms with Crippen molar-refractivity contribution in [2.45, 2.75) is 19.6 Å². The average molecular weight is 510 g/mol. The molecule has 180 valence electrons. The number of carbonyl (C=O) groups is 1. The Hall–Kier alpha value is -3.27. The van der Waals surface area contributed by atoms with Gasteiger partial charge < -0.3 is 9.64 Å². The number of aromatic nitrogens is 3. The molecule has 1 aliphatic heterocycles. The number of rotatable bonds is 6. The van der Waals surface area contributed by atoms with E-state index in [1.165, 1.54) is 21.9 Å². The van der Waals surface area contributed by atoms with Crippen molar-refractivity contribution in [1.82, 2.24) is 24.4 Å². The van der Waals surface area contributed by atoms with Gasteiger partial charge in [-0.05, 0) is 25.1 Å². The molecule has 1 amide bonds. The summed E-state index contributed by atoms with van der Waals surface area (Å²) in [5.74, 6) is 0.656. The fourth-order valence-electron chi connectivity index (χ4n) is 4.05. The van der Waals surface area contributed by atoms with Crippen LogP contribution >= 0.6 is 22.9 Å². The Kier molecular flexibility index (Phi) is 6.81. The van der Waals surface area contributed by atoms with Gasteiger partial charge in [0.05, 0.1) is 10.7 Å². The van der Waals surface area contributed by atoms with Crippen molar-refractivity contribution in [3.63, 3.8) is 0 Å². The van der Waals surface area contributed by atoms with Gasteiger partial charge in [0.25, 0.3) is 11.5 Å². The molecule has 8 nitrogen and oxygen atoms in total. The number of hydrogen-bond donors (Lipinski definition) is 0. The maximum absolute atomic E-state index is 12.8. The molecule has 0 radical (unpaired) electrons. The van der Waals surface area contributed by atoms with Gasteiger partial charge in [-0.1, -0.05) is 59.3 Å². The van der Waals surface area contributed by atoms with Gasteiger partial charge in [0.15, 0.2) is 6.10 Å². The maximum Gasteiger partial charge on any atom is 0.275 e. The summed E-state index contributed by atoms with van der Waals surface area (Å²) in [6.07, 6.45) is -0.549. The minimum Gasteiger partial charge on any atom is -0.481 e. The summed E-state index contributed by atoms with van der Waals surface area (Å²) in [6.45, 7) is 4.89. The molecule has 2 aromatic carbocycles. The van der Waals surface area contributed by atoms with Crippen LogP contribution in [0.4, 0.5) is 0 Å². The molecule has 0 N–H and O–H groups in total. The third-order valence-electron chi connectivity index (χ3n) is 5.88. The Morgan fingerprint density at radius 2 is 1.80 bits per heavy atom. The number of piperazine rings is 1. The lowest BCUT2D eigenvalue weighted by atomic mass is 10.2. The normalized spacial score (nSPS) is 15.3. The summed E-state index contributed by atoms with van der Waals surface area (Å²) in [5.41, 5.74) is 1.24. The summed E-state index contributed by atoms with van der Waals surface area (Å²) in [6, 6.07) is 18.3. The fourth-order valence-corrected chi connectivity index (χ4v) is 5.29. The molecular weight excluding hydrogens is 486 g/mol. The molecule has 2 aromatic heterocycles. The number of benzene rings is 2. The molecule has 10 heteroatoms. The smallest absolute Gasteiger partial charge is 0.275 e. The standard InChI is InChI=1S/C25H24ClN5O3S/c1-17(34-19-7-3-2-4-8-19)24(33)30-13-11-29(12-14-30)16-18-15-22(32)31-25(27-18)35-23(28-31)20-9-5-6-10-21(20)26/h2-10,15,17H,11-14,16H2,1H3/t17-/m0/s1. The lowest BCUT2D eigenvalue weighted by Crippen LogP contribution is -2.51. The van der Waals surface area contributed by atoms with E-state index >= 15 is 0 Å². The highest BCUT2D eigenvalue weighted by Crippen LogP contribution is 2.30. The van der Waals surface area contributed by atoms with Gasteiger partial charge in [0.1, 0.15) is 10.8 Å². The van der Waals surface area contributed by atoms with E-state index in [-0.39, 0.29) is 11.5 Å². The number of amides is 1. The number of ether oxygens (including phenoxy) is 1. The largest absolute Gasteiger partial charge is 0.481 e. The van der Waals surface area contributed by atoms with Gasteiger partial charge in [-0.3, -0.25) is 14.5 Å².